The minimum atomic E-state index is -0.586. The van der Waals surface area contributed by atoms with Crippen LogP contribution in [0.2, 0.25) is 0 Å². The summed E-state index contributed by atoms with van der Waals surface area (Å²) in [5, 5.41) is 12.4. The Labute approximate surface area is 84.3 Å². The quantitative estimate of drug-likeness (QED) is 0.678. The van der Waals surface area contributed by atoms with E-state index in [1.165, 1.54) is 6.42 Å². The Hall–Kier alpha value is -0.280. The fourth-order valence-electron chi connectivity index (χ4n) is 2.67. The number of carboxylic acids is 1. The Morgan fingerprint density at radius 2 is 2.23 bits per heavy atom. The molecule has 4 heteroatoms. The van der Waals surface area contributed by atoms with E-state index in [0.717, 1.165) is 25.8 Å². The van der Waals surface area contributed by atoms with E-state index in [9.17, 15) is 4.79 Å². The maximum Gasteiger partial charge on any atom is 0.311 e. The van der Waals surface area contributed by atoms with Crippen LogP contribution in [0.5, 0.6) is 0 Å². The first-order valence-corrected chi connectivity index (χ1v) is 4.70. The molecule has 0 unspecified atom stereocenters. The first-order chi connectivity index (χ1) is 5.76. The second kappa shape index (κ2) is 3.84. The van der Waals surface area contributed by atoms with Crippen molar-refractivity contribution in [3.8, 4) is 0 Å². The molecule has 0 aromatic rings. The Bertz CT molecular complexity index is 210. The summed E-state index contributed by atoms with van der Waals surface area (Å²) in [6.45, 7) is 1.60. The molecular formula is C9H16ClNO2. The minimum absolute atomic E-state index is 0. The SMILES string of the molecule is Cl.O=C(O)[C@@]12CCCC[C@@H]1CNC2. The molecular weight excluding hydrogens is 190 g/mol. The molecule has 0 spiro atoms. The Morgan fingerprint density at radius 3 is 2.85 bits per heavy atom. The van der Waals surface area contributed by atoms with Crippen LogP contribution < -0.4 is 5.32 Å². The average Bonchev–Trinajstić information content (AvgIpc) is 2.48. The molecule has 0 radical (unpaired) electrons. The van der Waals surface area contributed by atoms with E-state index in [0.29, 0.717) is 12.5 Å². The summed E-state index contributed by atoms with van der Waals surface area (Å²) in [6.07, 6.45) is 4.27. The van der Waals surface area contributed by atoms with Crippen molar-refractivity contribution in [2.24, 2.45) is 11.3 Å². The van der Waals surface area contributed by atoms with Gasteiger partial charge in [-0.2, -0.15) is 0 Å². The number of aliphatic carboxylic acids is 1. The number of carboxylic acid groups (broad SMARTS) is 1. The molecule has 1 saturated carbocycles. The summed E-state index contributed by atoms with van der Waals surface area (Å²) >= 11 is 0. The zero-order valence-corrected chi connectivity index (χ0v) is 8.40. The molecule has 2 rings (SSSR count). The fraction of sp³-hybridized carbons (Fsp3) is 0.889. The molecule has 0 bridgehead atoms. The van der Waals surface area contributed by atoms with Crippen LogP contribution in [0.4, 0.5) is 0 Å². The summed E-state index contributed by atoms with van der Waals surface area (Å²) in [4.78, 5) is 11.1. The smallest absolute Gasteiger partial charge is 0.311 e. The summed E-state index contributed by atoms with van der Waals surface area (Å²) in [7, 11) is 0. The summed E-state index contributed by atoms with van der Waals surface area (Å²) in [6, 6.07) is 0. The number of hydrogen-bond acceptors (Lipinski definition) is 2. The van der Waals surface area contributed by atoms with Crippen LogP contribution in [-0.4, -0.2) is 24.2 Å². The number of nitrogens with one attached hydrogen (secondary N) is 1. The molecule has 13 heavy (non-hydrogen) atoms. The van der Waals surface area contributed by atoms with E-state index in [1.807, 2.05) is 0 Å². The highest BCUT2D eigenvalue weighted by Gasteiger charge is 2.49. The van der Waals surface area contributed by atoms with Gasteiger partial charge in [0.05, 0.1) is 5.41 Å². The Kier molecular flexibility index (Phi) is 3.19. The van der Waals surface area contributed by atoms with Gasteiger partial charge in [-0.3, -0.25) is 4.79 Å². The molecule has 76 valence electrons. The van der Waals surface area contributed by atoms with Crippen LogP contribution in [0.25, 0.3) is 0 Å². The van der Waals surface area contributed by atoms with Crippen molar-refractivity contribution in [2.75, 3.05) is 13.1 Å². The van der Waals surface area contributed by atoms with E-state index in [4.69, 9.17) is 5.11 Å². The van der Waals surface area contributed by atoms with Crippen LogP contribution in [0.15, 0.2) is 0 Å². The standard InChI is InChI=1S/C9H15NO2.ClH/c11-8(12)9-4-2-1-3-7(9)5-10-6-9;/h7,10H,1-6H2,(H,11,12);1H/t7-,9-;/m1./s1. The van der Waals surface area contributed by atoms with Crippen molar-refractivity contribution in [1.29, 1.82) is 0 Å². The molecule has 2 N–H and O–H groups in total. The third kappa shape index (κ3) is 1.55. The van der Waals surface area contributed by atoms with Crippen LogP contribution in [0.3, 0.4) is 0 Å². The van der Waals surface area contributed by atoms with E-state index in [2.05, 4.69) is 5.32 Å². The van der Waals surface area contributed by atoms with E-state index < -0.39 is 11.4 Å². The number of halogens is 1. The van der Waals surface area contributed by atoms with E-state index >= 15 is 0 Å². The van der Waals surface area contributed by atoms with Crippen molar-refractivity contribution < 1.29 is 9.90 Å². The van der Waals surface area contributed by atoms with E-state index in [1.54, 1.807) is 0 Å². The molecule has 2 fully saturated rings. The summed E-state index contributed by atoms with van der Waals surface area (Å²) in [5.74, 6) is -0.194. The second-order valence-corrected chi connectivity index (χ2v) is 4.03. The maximum atomic E-state index is 11.1. The van der Waals surface area contributed by atoms with Gasteiger partial charge < -0.3 is 10.4 Å². The normalized spacial score (nSPS) is 37.7. The van der Waals surface area contributed by atoms with Gasteiger partial charge in [-0.1, -0.05) is 12.8 Å². The number of fused-ring (bicyclic) bond motifs is 1. The molecule has 3 nitrogen and oxygen atoms in total. The van der Waals surface area contributed by atoms with Gasteiger partial charge in [0.15, 0.2) is 0 Å². The van der Waals surface area contributed by atoms with E-state index in [-0.39, 0.29) is 12.4 Å². The molecule has 2 aliphatic rings. The summed E-state index contributed by atoms with van der Waals surface area (Å²) < 4.78 is 0. The van der Waals surface area contributed by atoms with Crippen molar-refractivity contribution >= 4 is 18.4 Å². The molecule has 1 heterocycles. The highest BCUT2D eigenvalue weighted by molar-refractivity contribution is 5.85. The van der Waals surface area contributed by atoms with Crippen LogP contribution in [0.1, 0.15) is 25.7 Å². The monoisotopic (exact) mass is 205 g/mol. The highest BCUT2D eigenvalue weighted by Crippen LogP contribution is 2.43. The Morgan fingerprint density at radius 1 is 1.46 bits per heavy atom. The third-order valence-corrected chi connectivity index (χ3v) is 3.46. The van der Waals surface area contributed by atoms with Gasteiger partial charge in [0, 0.05) is 6.54 Å². The second-order valence-electron chi connectivity index (χ2n) is 4.03. The van der Waals surface area contributed by atoms with Crippen molar-refractivity contribution in [3.05, 3.63) is 0 Å². The number of hydrogen-bond donors (Lipinski definition) is 2. The first kappa shape index (κ1) is 10.8. The topological polar surface area (TPSA) is 49.3 Å². The van der Waals surface area contributed by atoms with Crippen LogP contribution in [-0.2, 0) is 4.79 Å². The van der Waals surface area contributed by atoms with Crippen LogP contribution >= 0.6 is 12.4 Å². The molecule has 1 aliphatic heterocycles. The van der Waals surface area contributed by atoms with Crippen molar-refractivity contribution in [1.82, 2.24) is 5.32 Å². The van der Waals surface area contributed by atoms with Crippen molar-refractivity contribution in [2.45, 2.75) is 25.7 Å². The lowest BCUT2D eigenvalue weighted by atomic mass is 9.68. The van der Waals surface area contributed by atoms with Gasteiger partial charge in [-0.15, -0.1) is 12.4 Å². The van der Waals surface area contributed by atoms with Gasteiger partial charge in [0.25, 0.3) is 0 Å². The largest absolute Gasteiger partial charge is 0.481 e. The molecule has 0 aromatic carbocycles. The van der Waals surface area contributed by atoms with Crippen LogP contribution in [0, 0.1) is 11.3 Å². The molecule has 1 aliphatic carbocycles. The minimum Gasteiger partial charge on any atom is -0.481 e. The summed E-state index contributed by atoms with van der Waals surface area (Å²) in [5.41, 5.74) is -0.405. The van der Waals surface area contributed by atoms with Gasteiger partial charge in [0.1, 0.15) is 0 Å². The molecule has 1 saturated heterocycles. The van der Waals surface area contributed by atoms with Gasteiger partial charge in [-0.05, 0) is 25.3 Å². The predicted octanol–water partition coefficient (Wildman–Crippen LogP) is 1.27. The number of carbonyl (C=O) groups is 1. The Balaban J connectivity index is 0.000000845. The zero-order valence-electron chi connectivity index (χ0n) is 7.58. The lowest BCUT2D eigenvalue weighted by Gasteiger charge is -2.34. The zero-order chi connectivity index (χ0) is 8.60. The molecule has 0 amide bonds. The number of rotatable bonds is 1. The molecule has 2 atom stereocenters. The molecule has 0 aromatic heterocycles. The third-order valence-electron chi connectivity index (χ3n) is 3.46. The maximum absolute atomic E-state index is 11.1. The van der Waals surface area contributed by atoms with Crippen molar-refractivity contribution in [3.63, 3.8) is 0 Å². The highest BCUT2D eigenvalue weighted by atomic mass is 35.5. The predicted molar refractivity (Wildman–Crippen MR) is 52.1 cm³/mol. The first-order valence-electron chi connectivity index (χ1n) is 4.70. The lowest BCUT2D eigenvalue weighted by molar-refractivity contribution is -0.152. The van der Waals surface area contributed by atoms with Gasteiger partial charge in [0.2, 0.25) is 0 Å². The average molecular weight is 206 g/mol. The van der Waals surface area contributed by atoms with Gasteiger partial charge >= 0.3 is 5.97 Å². The fourth-order valence-corrected chi connectivity index (χ4v) is 2.67. The van der Waals surface area contributed by atoms with Gasteiger partial charge in [-0.25, -0.2) is 0 Å². The lowest BCUT2D eigenvalue weighted by Crippen LogP contribution is -2.40.